The summed E-state index contributed by atoms with van der Waals surface area (Å²) < 4.78 is 99.4. The molecule has 0 spiro atoms. The molecule has 6 rings (SSSR count). The van der Waals surface area contributed by atoms with Crippen molar-refractivity contribution in [3.63, 3.8) is 0 Å². The van der Waals surface area contributed by atoms with Gasteiger partial charge >= 0.3 is 6.18 Å². The number of sulfone groups is 2. The molecule has 0 fully saturated rings. The summed E-state index contributed by atoms with van der Waals surface area (Å²) >= 11 is 11.5. The molecule has 0 atom stereocenters. The highest BCUT2D eigenvalue weighted by Gasteiger charge is 2.34. The van der Waals surface area contributed by atoms with Gasteiger partial charge in [0.1, 0.15) is 5.82 Å². The van der Waals surface area contributed by atoms with Gasteiger partial charge in [-0.3, -0.25) is 0 Å². The molecule has 49 heavy (non-hydrogen) atoms. The highest BCUT2D eigenvalue weighted by atomic mass is 35.5. The summed E-state index contributed by atoms with van der Waals surface area (Å²) in [6.45, 7) is 0. The average molecular weight is 752 g/mol. The minimum atomic E-state index is -4.51. The topological polar surface area (TPSA) is 68.3 Å². The van der Waals surface area contributed by atoms with Crippen LogP contribution >= 0.6 is 23.2 Å². The predicted octanol–water partition coefficient (Wildman–Crippen LogP) is 10.8. The molecule has 0 radical (unpaired) electrons. The van der Waals surface area contributed by atoms with E-state index < -0.39 is 37.2 Å². The van der Waals surface area contributed by atoms with E-state index in [-0.39, 0.29) is 14.9 Å². The maximum atomic E-state index is 13.7. The van der Waals surface area contributed by atoms with Crippen molar-refractivity contribution in [1.82, 2.24) is 0 Å². The van der Waals surface area contributed by atoms with Crippen molar-refractivity contribution >= 4 is 65.2 Å². The minimum absolute atomic E-state index is 0.117. The molecule has 12 heteroatoms. The molecule has 0 aliphatic heterocycles. The maximum Gasteiger partial charge on any atom is 0.417 e. The molecule has 2 aliphatic carbocycles. The molecule has 2 aliphatic rings. The molecule has 0 N–H and O–H groups in total. The van der Waals surface area contributed by atoms with Gasteiger partial charge in [-0.15, -0.1) is 0 Å². The Morgan fingerprint density at radius 3 is 1.24 bits per heavy atom. The van der Waals surface area contributed by atoms with Crippen molar-refractivity contribution in [2.24, 2.45) is 0 Å². The van der Waals surface area contributed by atoms with Crippen molar-refractivity contribution in [1.29, 1.82) is 0 Å². The standard InChI is InChI=1S/C19H16ClF3O2S.C18H16ClFO2S/c1-26(24,25)14-8-5-12(6-9-14)15-3-2-4-16(15)13-7-10-18(20)17(11-13)19(21,22)23;1-23(21,22)14-8-5-12(6-9-14)15-3-2-4-16(15)13-7-10-17(19)18(20)11-13/h5-11H,2-4H2,1H3;5-11H,2-4H2,1H3. The fourth-order valence-corrected chi connectivity index (χ4v) is 7.79. The quantitative estimate of drug-likeness (QED) is 0.184. The first kappa shape index (κ1) is 36.8. The summed E-state index contributed by atoms with van der Waals surface area (Å²) in [7, 11) is -6.49. The lowest BCUT2D eigenvalue weighted by Crippen LogP contribution is -2.06. The molecule has 0 aromatic heterocycles. The lowest BCUT2D eigenvalue weighted by atomic mass is 9.96. The van der Waals surface area contributed by atoms with E-state index in [0.717, 1.165) is 83.4 Å². The first-order valence-corrected chi connectivity index (χ1v) is 19.8. The monoisotopic (exact) mass is 750 g/mol. The summed E-state index contributed by atoms with van der Waals surface area (Å²) in [4.78, 5) is 0.520. The van der Waals surface area contributed by atoms with E-state index in [0.29, 0.717) is 16.9 Å². The van der Waals surface area contributed by atoms with Gasteiger partial charge in [0.05, 0.1) is 25.4 Å². The van der Waals surface area contributed by atoms with Crippen LogP contribution in [0.2, 0.25) is 10.0 Å². The Hall–Kier alpha value is -3.44. The van der Waals surface area contributed by atoms with Crippen molar-refractivity contribution < 1.29 is 34.4 Å². The molecule has 0 amide bonds. The van der Waals surface area contributed by atoms with Gasteiger partial charge in [0.2, 0.25) is 0 Å². The second-order valence-corrected chi connectivity index (χ2v) is 16.9. The van der Waals surface area contributed by atoms with Crippen LogP contribution in [0, 0.1) is 5.82 Å². The summed E-state index contributed by atoms with van der Waals surface area (Å²) in [6.07, 6.45) is 2.84. The number of allylic oxidation sites excluding steroid dienone is 4. The normalized spacial score (nSPS) is 15.4. The van der Waals surface area contributed by atoms with Crippen LogP contribution in [0.3, 0.4) is 0 Å². The maximum absolute atomic E-state index is 13.7. The van der Waals surface area contributed by atoms with Crippen molar-refractivity contribution in [2.45, 2.75) is 54.5 Å². The number of hydrogen-bond acceptors (Lipinski definition) is 4. The molecule has 4 nitrogen and oxygen atoms in total. The van der Waals surface area contributed by atoms with Crippen LogP contribution in [0.5, 0.6) is 0 Å². The third kappa shape index (κ3) is 8.66. The molecule has 0 heterocycles. The van der Waals surface area contributed by atoms with E-state index in [9.17, 15) is 34.4 Å². The number of halogens is 6. The van der Waals surface area contributed by atoms with Crippen LogP contribution in [0.1, 0.15) is 66.3 Å². The molecule has 0 saturated heterocycles. The number of alkyl halides is 3. The van der Waals surface area contributed by atoms with Crippen LogP contribution in [0.15, 0.2) is 94.7 Å². The minimum Gasteiger partial charge on any atom is -0.224 e. The highest BCUT2D eigenvalue weighted by molar-refractivity contribution is 7.91. The Bertz CT molecular complexity index is 2170. The van der Waals surface area contributed by atoms with Crippen molar-refractivity contribution in [3.8, 4) is 0 Å². The Labute approximate surface area is 293 Å². The second-order valence-electron chi connectivity index (χ2n) is 12.0. The Morgan fingerprint density at radius 1 is 0.531 bits per heavy atom. The zero-order valence-electron chi connectivity index (χ0n) is 26.5. The van der Waals surface area contributed by atoms with Crippen molar-refractivity contribution in [3.05, 3.63) is 129 Å². The summed E-state index contributed by atoms with van der Waals surface area (Å²) in [5.41, 5.74) is 6.35. The molecular formula is C37H32Cl2F4O4S2. The number of rotatable bonds is 6. The summed E-state index contributed by atoms with van der Waals surface area (Å²) in [5.74, 6) is -0.421. The molecule has 0 unspecified atom stereocenters. The van der Waals surface area contributed by atoms with Gasteiger partial charge in [-0.2, -0.15) is 13.2 Å². The third-order valence-corrected chi connectivity index (χ3v) is 11.5. The molecule has 0 bridgehead atoms. The van der Waals surface area contributed by atoms with Crippen LogP contribution in [-0.4, -0.2) is 29.3 Å². The van der Waals surface area contributed by atoms with Crippen LogP contribution in [0.25, 0.3) is 22.3 Å². The number of hydrogen-bond donors (Lipinski definition) is 0. The Kier molecular flexibility index (Phi) is 10.8. The smallest absolute Gasteiger partial charge is 0.224 e. The first-order chi connectivity index (χ1) is 22.9. The lowest BCUT2D eigenvalue weighted by molar-refractivity contribution is -0.137. The SMILES string of the molecule is CS(=O)(=O)c1ccc(C2=C(c3ccc(Cl)c(C(F)(F)F)c3)CCC2)cc1.CS(=O)(=O)c1ccc(C2=C(c3ccc(Cl)c(F)c3)CCC2)cc1. The van der Waals surface area contributed by atoms with Gasteiger partial charge in [-0.05, 0) is 132 Å². The van der Waals surface area contributed by atoms with E-state index in [1.807, 2.05) is 18.2 Å². The van der Waals surface area contributed by atoms with Gasteiger partial charge in [0.25, 0.3) is 0 Å². The summed E-state index contributed by atoms with van der Waals surface area (Å²) in [5, 5.41) is -0.203. The van der Waals surface area contributed by atoms with Gasteiger partial charge in [-0.1, -0.05) is 59.6 Å². The van der Waals surface area contributed by atoms with Gasteiger partial charge in [0.15, 0.2) is 19.7 Å². The largest absolute Gasteiger partial charge is 0.417 e. The molecular weight excluding hydrogens is 719 g/mol. The molecule has 0 saturated carbocycles. The van der Waals surface area contributed by atoms with E-state index in [1.165, 1.54) is 30.5 Å². The Morgan fingerprint density at radius 2 is 0.878 bits per heavy atom. The Balaban J connectivity index is 0.000000192. The van der Waals surface area contributed by atoms with Gasteiger partial charge in [0, 0.05) is 12.5 Å². The summed E-state index contributed by atoms with van der Waals surface area (Å²) in [6, 6.07) is 22.2. The molecule has 4 aromatic carbocycles. The third-order valence-electron chi connectivity index (χ3n) is 8.59. The molecule has 4 aromatic rings. The fraction of sp³-hybridized carbons (Fsp3) is 0.243. The predicted molar refractivity (Wildman–Crippen MR) is 188 cm³/mol. The lowest BCUT2D eigenvalue weighted by Gasteiger charge is -2.13. The van der Waals surface area contributed by atoms with Crippen molar-refractivity contribution in [2.75, 3.05) is 12.5 Å². The zero-order chi connectivity index (χ0) is 35.7. The van der Waals surface area contributed by atoms with E-state index in [1.54, 1.807) is 36.4 Å². The van der Waals surface area contributed by atoms with E-state index in [4.69, 9.17) is 23.2 Å². The van der Waals surface area contributed by atoms with Crippen LogP contribution in [0.4, 0.5) is 17.6 Å². The van der Waals surface area contributed by atoms with Gasteiger partial charge in [-0.25, -0.2) is 21.2 Å². The zero-order valence-corrected chi connectivity index (χ0v) is 29.7. The van der Waals surface area contributed by atoms with Crippen LogP contribution < -0.4 is 0 Å². The van der Waals surface area contributed by atoms with E-state index >= 15 is 0 Å². The molecule has 258 valence electrons. The first-order valence-electron chi connectivity index (χ1n) is 15.3. The van der Waals surface area contributed by atoms with Gasteiger partial charge < -0.3 is 0 Å². The average Bonchev–Trinajstić information content (AvgIpc) is 3.73. The second kappa shape index (κ2) is 14.4. The number of benzene rings is 4. The van der Waals surface area contributed by atoms with E-state index in [2.05, 4.69) is 0 Å². The fourth-order valence-electron chi connectivity index (χ4n) is 6.18. The highest BCUT2D eigenvalue weighted by Crippen LogP contribution is 2.43. The van der Waals surface area contributed by atoms with Crippen LogP contribution in [-0.2, 0) is 25.9 Å².